The number of hydrogen-bond acceptors (Lipinski definition) is 4. The fourth-order valence-electron chi connectivity index (χ4n) is 1.94. The molecular formula is C14H18ClN5O. The molecule has 0 spiro atoms. The van der Waals surface area contributed by atoms with Crippen LogP contribution >= 0.6 is 11.6 Å². The van der Waals surface area contributed by atoms with Crippen LogP contribution in [-0.2, 0) is 17.9 Å². The molecule has 0 saturated carbocycles. The molecule has 21 heavy (non-hydrogen) atoms. The average molecular weight is 308 g/mol. The van der Waals surface area contributed by atoms with Crippen molar-refractivity contribution in [1.82, 2.24) is 19.9 Å². The molecule has 6 nitrogen and oxygen atoms in total. The van der Waals surface area contributed by atoms with Crippen molar-refractivity contribution < 1.29 is 4.79 Å². The van der Waals surface area contributed by atoms with Crippen molar-refractivity contribution in [2.45, 2.75) is 26.1 Å². The van der Waals surface area contributed by atoms with E-state index in [2.05, 4.69) is 10.3 Å². The maximum Gasteiger partial charge on any atom is 0.244 e. The summed E-state index contributed by atoms with van der Waals surface area (Å²) in [6.45, 7) is 2.42. The molecule has 2 aromatic rings. The van der Waals surface area contributed by atoms with E-state index in [-0.39, 0.29) is 18.5 Å². The molecule has 112 valence electrons. The maximum absolute atomic E-state index is 12.3. The molecule has 2 rings (SSSR count). The highest BCUT2D eigenvalue weighted by Gasteiger charge is 2.18. The molecule has 7 heteroatoms. The van der Waals surface area contributed by atoms with Crippen LogP contribution in [0.15, 0.2) is 30.5 Å². The van der Waals surface area contributed by atoms with Crippen LogP contribution in [0.5, 0.6) is 0 Å². The van der Waals surface area contributed by atoms with E-state index in [1.165, 1.54) is 4.68 Å². The van der Waals surface area contributed by atoms with E-state index in [4.69, 9.17) is 17.3 Å². The highest BCUT2D eigenvalue weighted by Crippen LogP contribution is 2.21. The highest BCUT2D eigenvalue weighted by molar-refractivity contribution is 6.30. The van der Waals surface area contributed by atoms with Crippen molar-refractivity contribution in [2.24, 2.45) is 5.73 Å². The van der Waals surface area contributed by atoms with Crippen molar-refractivity contribution in [3.8, 4) is 0 Å². The molecule has 0 saturated heterocycles. The van der Waals surface area contributed by atoms with Gasteiger partial charge in [-0.2, -0.15) is 0 Å². The molecule has 1 unspecified atom stereocenters. The van der Waals surface area contributed by atoms with E-state index in [0.717, 1.165) is 5.56 Å². The Morgan fingerprint density at radius 1 is 1.43 bits per heavy atom. The van der Waals surface area contributed by atoms with Gasteiger partial charge in [-0.15, -0.1) is 5.10 Å². The van der Waals surface area contributed by atoms with Gasteiger partial charge >= 0.3 is 0 Å². The molecule has 0 aliphatic carbocycles. The summed E-state index contributed by atoms with van der Waals surface area (Å²) >= 11 is 5.87. The third-order valence-electron chi connectivity index (χ3n) is 3.42. The molecule has 1 aromatic carbocycles. The molecule has 2 N–H and O–H groups in total. The molecule has 0 aliphatic rings. The van der Waals surface area contributed by atoms with Gasteiger partial charge in [0.05, 0.1) is 17.9 Å². The summed E-state index contributed by atoms with van der Waals surface area (Å²) in [5.41, 5.74) is 7.16. The second-order valence-electron chi connectivity index (χ2n) is 4.84. The Kier molecular flexibility index (Phi) is 4.93. The zero-order chi connectivity index (χ0) is 15.4. The predicted octanol–water partition coefficient (Wildman–Crippen LogP) is 1.61. The van der Waals surface area contributed by atoms with Crippen molar-refractivity contribution in [1.29, 1.82) is 0 Å². The molecule has 0 aliphatic heterocycles. The molecule has 1 amide bonds. The second-order valence-corrected chi connectivity index (χ2v) is 5.28. The van der Waals surface area contributed by atoms with E-state index in [1.807, 2.05) is 31.2 Å². The van der Waals surface area contributed by atoms with Crippen molar-refractivity contribution in [3.63, 3.8) is 0 Å². The molecule has 1 aromatic heterocycles. The fourth-order valence-corrected chi connectivity index (χ4v) is 2.07. The first-order valence-corrected chi connectivity index (χ1v) is 6.99. The van der Waals surface area contributed by atoms with Crippen LogP contribution in [0.1, 0.15) is 24.2 Å². The monoisotopic (exact) mass is 307 g/mol. The lowest BCUT2D eigenvalue weighted by molar-refractivity contribution is -0.132. The van der Waals surface area contributed by atoms with Gasteiger partial charge in [-0.25, -0.2) is 4.68 Å². The van der Waals surface area contributed by atoms with Gasteiger partial charge in [-0.1, -0.05) is 28.9 Å². The first-order valence-electron chi connectivity index (χ1n) is 6.61. The predicted molar refractivity (Wildman–Crippen MR) is 80.6 cm³/mol. The topological polar surface area (TPSA) is 77.0 Å². The Balaban J connectivity index is 2.02. The van der Waals surface area contributed by atoms with Crippen LogP contribution in [0.3, 0.4) is 0 Å². The Hall–Kier alpha value is -1.92. The number of nitrogens with zero attached hydrogens (tertiary/aromatic N) is 4. The van der Waals surface area contributed by atoms with Crippen molar-refractivity contribution in [2.75, 3.05) is 7.05 Å². The third kappa shape index (κ3) is 3.80. The molecular weight excluding hydrogens is 290 g/mol. The van der Waals surface area contributed by atoms with Crippen LogP contribution in [-0.4, -0.2) is 32.8 Å². The maximum atomic E-state index is 12.3. The third-order valence-corrected chi connectivity index (χ3v) is 3.67. The van der Waals surface area contributed by atoms with Gasteiger partial charge in [0.2, 0.25) is 5.91 Å². The van der Waals surface area contributed by atoms with Gasteiger partial charge in [0.1, 0.15) is 6.54 Å². The summed E-state index contributed by atoms with van der Waals surface area (Å²) in [5.74, 6) is -0.0501. The molecule has 0 radical (unpaired) electrons. The van der Waals surface area contributed by atoms with Gasteiger partial charge < -0.3 is 10.6 Å². The van der Waals surface area contributed by atoms with E-state index in [9.17, 15) is 4.79 Å². The van der Waals surface area contributed by atoms with E-state index >= 15 is 0 Å². The number of rotatable bonds is 5. The number of carbonyl (C=O) groups excluding carboxylic acids is 1. The summed E-state index contributed by atoms with van der Waals surface area (Å²) in [5, 5.41) is 8.41. The van der Waals surface area contributed by atoms with Gasteiger partial charge in [-0.3, -0.25) is 4.79 Å². The van der Waals surface area contributed by atoms with Crippen LogP contribution < -0.4 is 5.73 Å². The van der Waals surface area contributed by atoms with Gasteiger partial charge in [-0.05, 0) is 24.6 Å². The Morgan fingerprint density at radius 2 is 2.10 bits per heavy atom. The standard InChI is InChI=1S/C14H18ClN5O/c1-10(11-3-5-12(15)6-4-11)19(2)14(21)9-20-8-13(7-16)17-18-20/h3-6,8,10H,7,9,16H2,1-2H3. The Bertz CT molecular complexity index is 610. The van der Waals surface area contributed by atoms with Gasteiger partial charge in [0.25, 0.3) is 0 Å². The van der Waals surface area contributed by atoms with Crippen LogP contribution in [0.25, 0.3) is 0 Å². The lowest BCUT2D eigenvalue weighted by Crippen LogP contribution is -2.32. The van der Waals surface area contributed by atoms with E-state index in [0.29, 0.717) is 17.3 Å². The number of carbonyl (C=O) groups is 1. The number of benzene rings is 1. The minimum Gasteiger partial charge on any atom is -0.337 e. The largest absolute Gasteiger partial charge is 0.337 e. The number of hydrogen-bond donors (Lipinski definition) is 1. The second kappa shape index (κ2) is 6.69. The summed E-state index contributed by atoms with van der Waals surface area (Å²) in [7, 11) is 1.77. The van der Waals surface area contributed by atoms with Gasteiger partial charge in [0, 0.05) is 18.6 Å². The molecule has 1 atom stereocenters. The summed E-state index contributed by atoms with van der Waals surface area (Å²) in [6, 6.07) is 7.41. The van der Waals surface area contributed by atoms with E-state index in [1.54, 1.807) is 18.1 Å². The summed E-state index contributed by atoms with van der Waals surface area (Å²) in [4.78, 5) is 13.9. The zero-order valence-corrected chi connectivity index (χ0v) is 12.8. The Morgan fingerprint density at radius 3 is 2.67 bits per heavy atom. The van der Waals surface area contributed by atoms with Crippen LogP contribution in [0, 0.1) is 0 Å². The fraction of sp³-hybridized carbons (Fsp3) is 0.357. The first kappa shape index (κ1) is 15.5. The lowest BCUT2D eigenvalue weighted by Gasteiger charge is -2.25. The normalized spacial score (nSPS) is 12.2. The van der Waals surface area contributed by atoms with Crippen LogP contribution in [0.2, 0.25) is 5.02 Å². The molecule has 0 fully saturated rings. The van der Waals surface area contributed by atoms with Gasteiger partial charge in [0.15, 0.2) is 0 Å². The van der Waals surface area contributed by atoms with Crippen molar-refractivity contribution >= 4 is 17.5 Å². The quantitative estimate of drug-likeness (QED) is 0.910. The number of amides is 1. The summed E-state index contributed by atoms with van der Waals surface area (Å²) in [6.07, 6.45) is 1.68. The van der Waals surface area contributed by atoms with Crippen molar-refractivity contribution in [3.05, 3.63) is 46.7 Å². The highest BCUT2D eigenvalue weighted by atomic mass is 35.5. The molecule has 0 bridgehead atoms. The smallest absolute Gasteiger partial charge is 0.244 e. The SMILES string of the molecule is CC(c1ccc(Cl)cc1)N(C)C(=O)Cn1cc(CN)nn1. The average Bonchev–Trinajstić information content (AvgIpc) is 2.94. The Labute approximate surface area is 128 Å². The number of nitrogens with two attached hydrogens (primary N) is 1. The summed E-state index contributed by atoms with van der Waals surface area (Å²) < 4.78 is 1.50. The minimum atomic E-state index is -0.0501. The van der Waals surface area contributed by atoms with Crippen LogP contribution in [0.4, 0.5) is 0 Å². The number of likely N-dealkylation sites (N-methyl/N-ethyl adjacent to an activating group) is 1. The number of halogens is 1. The molecule has 1 heterocycles. The van der Waals surface area contributed by atoms with E-state index < -0.39 is 0 Å². The first-order chi connectivity index (χ1) is 10.0. The zero-order valence-electron chi connectivity index (χ0n) is 12.0. The lowest BCUT2D eigenvalue weighted by atomic mass is 10.1. The number of aromatic nitrogens is 3. The minimum absolute atomic E-state index is 0.0488.